The van der Waals surface area contributed by atoms with E-state index in [4.69, 9.17) is 9.47 Å². The van der Waals surface area contributed by atoms with E-state index in [1.807, 2.05) is 25.1 Å². The second-order valence-electron chi connectivity index (χ2n) is 5.15. The molecule has 2 rings (SSSR count). The number of anilines is 1. The molecule has 0 saturated heterocycles. The van der Waals surface area contributed by atoms with Gasteiger partial charge in [-0.25, -0.2) is 0 Å². The van der Waals surface area contributed by atoms with Crippen molar-refractivity contribution in [2.24, 2.45) is 0 Å². The van der Waals surface area contributed by atoms with Crippen LogP contribution in [0.1, 0.15) is 37.0 Å². The van der Waals surface area contributed by atoms with E-state index in [1.165, 1.54) is 0 Å². The Morgan fingerprint density at radius 3 is 2.83 bits per heavy atom. The van der Waals surface area contributed by atoms with Crippen LogP contribution in [0.15, 0.2) is 30.5 Å². The van der Waals surface area contributed by atoms with Gasteiger partial charge in [0.05, 0.1) is 13.7 Å². The summed E-state index contributed by atoms with van der Waals surface area (Å²) in [7, 11) is 1.59. The lowest BCUT2D eigenvalue weighted by Gasteiger charge is -2.07. The van der Waals surface area contributed by atoms with Crippen LogP contribution in [0.25, 0.3) is 0 Å². The zero-order chi connectivity index (χ0) is 16.7. The van der Waals surface area contributed by atoms with E-state index in [-0.39, 0.29) is 5.91 Å². The minimum absolute atomic E-state index is 0.244. The summed E-state index contributed by atoms with van der Waals surface area (Å²) in [5.41, 5.74) is 1.11. The SMILES string of the molecule is CCCOc1nn(CCC)cc1C(=O)Nc1cccc(OC)c1. The summed E-state index contributed by atoms with van der Waals surface area (Å²) >= 11 is 0. The number of nitrogens with one attached hydrogen (secondary N) is 1. The molecule has 0 unspecified atom stereocenters. The van der Waals surface area contributed by atoms with E-state index >= 15 is 0 Å². The topological polar surface area (TPSA) is 65.4 Å². The van der Waals surface area contributed by atoms with Crippen molar-refractivity contribution in [2.45, 2.75) is 33.2 Å². The molecule has 1 N–H and O–H groups in total. The maximum Gasteiger partial charge on any atom is 0.262 e. The minimum Gasteiger partial charge on any atom is -0.497 e. The average molecular weight is 317 g/mol. The van der Waals surface area contributed by atoms with Gasteiger partial charge >= 0.3 is 0 Å². The normalized spacial score (nSPS) is 10.4. The van der Waals surface area contributed by atoms with Gasteiger partial charge in [0.2, 0.25) is 5.88 Å². The fraction of sp³-hybridized carbons (Fsp3) is 0.412. The maximum absolute atomic E-state index is 12.5. The summed E-state index contributed by atoms with van der Waals surface area (Å²) in [5.74, 6) is 0.819. The zero-order valence-electron chi connectivity index (χ0n) is 13.8. The number of methoxy groups -OCH3 is 1. The highest BCUT2D eigenvalue weighted by atomic mass is 16.5. The van der Waals surface area contributed by atoms with Crippen molar-refractivity contribution in [3.05, 3.63) is 36.0 Å². The van der Waals surface area contributed by atoms with Crippen molar-refractivity contribution < 1.29 is 14.3 Å². The molecule has 0 saturated carbocycles. The number of aryl methyl sites for hydroxylation is 1. The van der Waals surface area contributed by atoms with Gasteiger partial charge in [0.1, 0.15) is 11.3 Å². The Bertz CT molecular complexity index is 652. The van der Waals surface area contributed by atoms with Crippen LogP contribution in [0.5, 0.6) is 11.6 Å². The van der Waals surface area contributed by atoms with Gasteiger partial charge in [-0.3, -0.25) is 9.48 Å². The summed E-state index contributed by atoms with van der Waals surface area (Å²) in [4.78, 5) is 12.5. The van der Waals surface area contributed by atoms with Crippen molar-refractivity contribution in [3.8, 4) is 11.6 Å². The minimum atomic E-state index is -0.244. The number of benzene rings is 1. The number of ether oxygens (including phenoxy) is 2. The highest BCUT2D eigenvalue weighted by molar-refractivity contribution is 6.05. The van der Waals surface area contributed by atoms with Gasteiger partial charge in [0, 0.05) is 24.5 Å². The third-order valence-corrected chi connectivity index (χ3v) is 3.20. The van der Waals surface area contributed by atoms with Crippen molar-refractivity contribution in [2.75, 3.05) is 19.0 Å². The third kappa shape index (κ3) is 4.48. The van der Waals surface area contributed by atoms with E-state index < -0.39 is 0 Å². The standard InChI is InChI=1S/C17H23N3O3/c1-4-9-20-12-15(17(19-20)23-10-5-2)16(21)18-13-7-6-8-14(11-13)22-3/h6-8,11-12H,4-5,9-10H2,1-3H3,(H,18,21). The molecule has 1 aromatic heterocycles. The Morgan fingerprint density at radius 1 is 1.30 bits per heavy atom. The lowest BCUT2D eigenvalue weighted by molar-refractivity contribution is 0.102. The predicted octanol–water partition coefficient (Wildman–Crippen LogP) is 3.34. The Morgan fingerprint density at radius 2 is 2.13 bits per heavy atom. The number of nitrogens with zero attached hydrogens (tertiary/aromatic N) is 2. The Hall–Kier alpha value is -2.50. The molecule has 6 nitrogen and oxygen atoms in total. The average Bonchev–Trinajstić information content (AvgIpc) is 2.96. The van der Waals surface area contributed by atoms with Crippen molar-refractivity contribution in [1.29, 1.82) is 0 Å². The van der Waals surface area contributed by atoms with Crippen LogP contribution < -0.4 is 14.8 Å². The van der Waals surface area contributed by atoms with Crippen molar-refractivity contribution in [3.63, 3.8) is 0 Å². The van der Waals surface area contributed by atoms with Crippen LogP contribution in [-0.4, -0.2) is 29.4 Å². The monoisotopic (exact) mass is 317 g/mol. The molecule has 0 atom stereocenters. The second-order valence-corrected chi connectivity index (χ2v) is 5.15. The molecule has 0 aliphatic rings. The number of hydrogen-bond acceptors (Lipinski definition) is 4. The number of carbonyl (C=O) groups is 1. The van der Waals surface area contributed by atoms with E-state index in [1.54, 1.807) is 24.1 Å². The highest BCUT2D eigenvalue weighted by Gasteiger charge is 2.18. The lowest BCUT2D eigenvalue weighted by Crippen LogP contribution is -2.13. The Kier molecular flexibility index (Phi) is 6.02. The van der Waals surface area contributed by atoms with Crippen LogP contribution >= 0.6 is 0 Å². The zero-order valence-corrected chi connectivity index (χ0v) is 13.8. The van der Waals surface area contributed by atoms with Crippen molar-refractivity contribution >= 4 is 11.6 Å². The molecule has 0 spiro atoms. The number of hydrogen-bond donors (Lipinski definition) is 1. The smallest absolute Gasteiger partial charge is 0.262 e. The van der Waals surface area contributed by atoms with E-state index in [9.17, 15) is 4.79 Å². The molecule has 124 valence electrons. The number of carbonyl (C=O) groups excluding carboxylic acids is 1. The lowest BCUT2D eigenvalue weighted by atomic mass is 10.2. The van der Waals surface area contributed by atoms with Crippen LogP contribution in [-0.2, 0) is 6.54 Å². The highest BCUT2D eigenvalue weighted by Crippen LogP contribution is 2.21. The van der Waals surface area contributed by atoms with Gasteiger partial charge in [-0.05, 0) is 25.0 Å². The fourth-order valence-corrected chi connectivity index (χ4v) is 2.11. The summed E-state index contributed by atoms with van der Waals surface area (Å²) < 4.78 is 12.5. The largest absolute Gasteiger partial charge is 0.497 e. The van der Waals surface area contributed by atoms with E-state index in [2.05, 4.69) is 17.3 Å². The summed E-state index contributed by atoms with van der Waals surface area (Å²) in [6.45, 7) is 5.35. The maximum atomic E-state index is 12.5. The molecular formula is C17H23N3O3. The first-order chi connectivity index (χ1) is 11.2. The first-order valence-corrected chi connectivity index (χ1v) is 7.83. The van der Waals surface area contributed by atoms with Crippen LogP contribution in [0.2, 0.25) is 0 Å². The van der Waals surface area contributed by atoms with E-state index in [0.717, 1.165) is 19.4 Å². The van der Waals surface area contributed by atoms with Gasteiger partial charge < -0.3 is 14.8 Å². The van der Waals surface area contributed by atoms with E-state index in [0.29, 0.717) is 29.5 Å². The predicted molar refractivity (Wildman–Crippen MR) is 89.3 cm³/mol. The molecule has 2 aromatic rings. The number of aromatic nitrogens is 2. The number of rotatable bonds is 8. The Balaban J connectivity index is 2.19. The van der Waals surface area contributed by atoms with Gasteiger partial charge in [0.15, 0.2) is 0 Å². The first kappa shape index (κ1) is 16.9. The van der Waals surface area contributed by atoms with Crippen LogP contribution in [0.4, 0.5) is 5.69 Å². The van der Waals surface area contributed by atoms with Gasteiger partial charge in [-0.15, -0.1) is 5.10 Å². The number of amides is 1. The molecule has 23 heavy (non-hydrogen) atoms. The van der Waals surface area contributed by atoms with Crippen LogP contribution in [0.3, 0.4) is 0 Å². The molecule has 1 amide bonds. The van der Waals surface area contributed by atoms with Crippen molar-refractivity contribution in [1.82, 2.24) is 9.78 Å². The molecule has 0 fully saturated rings. The molecule has 0 radical (unpaired) electrons. The summed E-state index contributed by atoms with van der Waals surface area (Å²) in [6, 6.07) is 7.22. The van der Waals surface area contributed by atoms with Gasteiger partial charge in [-0.1, -0.05) is 19.9 Å². The fourth-order valence-electron chi connectivity index (χ4n) is 2.11. The molecule has 1 aromatic carbocycles. The first-order valence-electron chi connectivity index (χ1n) is 7.83. The third-order valence-electron chi connectivity index (χ3n) is 3.20. The van der Waals surface area contributed by atoms with Gasteiger partial charge in [-0.2, -0.15) is 0 Å². The van der Waals surface area contributed by atoms with Gasteiger partial charge in [0.25, 0.3) is 5.91 Å². The molecule has 1 heterocycles. The van der Waals surface area contributed by atoms with Crippen LogP contribution in [0, 0.1) is 0 Å². The molecule has 0 aliphatic carbocycles. The molecule has 6 heteroatoms. The molecular weight excluding hydrogens is 294 g/mol. The molecule has 0 bridgehead atoms. The summed E-state index contributed by atoms with van der Waals surface area (Å²) in [5, 5.41) is 7.20. The molecule has 0 aliphatic heterocycles. The Labute approximate surface area is 136 Å². The second kappa shape index (κ2) is 8.22. The summed E-state index contributed by atoms with van der Waals surface area (Å²) in [6.07, 6.45) is 3.52. The quantitative estimate of drug-likeness (QED) is 0.811.